The Balaban J connectivity index is 2.64. The van der Waals surface area contributed by atoms with Gasteiger partial charge in [-0.15, -0.1) is 11.3 Å². The number of hydrogen-bond donors (Lipinski definition) is 3. The Morgan fingerprint density at radius 3 is 2.71 bits per heavy atom. The number of rotatable bonds is 5. The lowest BCUT2D eigenvalue weighted by Crippen LogP contribution is -2.43. The first-order valence-corrected chi connectivity index (χ1v) is 6.42. The van der Waals surface area contributed by atoms with E-state index in [4.69, 9.17) is 5.11 Å². The fourth-order valence-corrected chi connectivity index (χ4v) is 2.43. The predicted octanol–water partition coefficient (Wildman–Crippen LogP) is 1.09. The largest absolute Gasteiger partial charge is 0.393 e. The van der Waals surface area contributed by atoms with Crippen molar-refractivity contribution >= 4 is 17.2 Å². The molecule has 0 aliphatic rings. The maximum absolute atomic E-state index is 11.8. The molecule has 0 aromatic carbocycles. The van der Waals surface area contributed by atoms with E-state index < -0.39 is 5.60 Å². The molecule has 1 aromatic heterocycles. The first-order valence-electron chi connectivity index (χ1n) is 5.60. The minimum atomic E-state index is -1.27. The van der Waals surface area contributed by atoms with Crippen molar-refractivity contribution in [2.75, 3.05) is 13.2 Å². The molecule has 0 saturated carbocycles. The van der Waals surface area contributed by atoms with Gasteiger partial charge in [-0.2, -0.15) is 0 Å². The van der Waals surface area contributed by atoms with Gasteiger partial charge >= 0.3 is 0 Å². The van der Waals surface area contributed by atoms with E-state index >= 15 is 0 Å². The lowest BCUT2D eigenvalue weighted by molar-refractivity contribution is 0.00323. The van der Waals surface area contributed by atoms with Gasteiger partial charge in [-0.1, -0.05) is 6.92 Å². The van der Waals surface area contributed by atoms with Crippen molar-refractivity contribution in [3.8, 4) is 0 Å². The number of aliphatic hydroxyl groups excluding tert-OH is 1. The maximum atomic E-state index is 11.8. The van der Waals surface area contributed by atoms with Crippen molar-refractivity contribution < 1.29 is 15.0 Å². The minimum absolute atomic E-state index is 0.0424. The van der Waals surface area contributed by atoms with Crippen LogP contribution in [0.15, 0.2) is 6.07 Å². The molecule has 96 valence electrons. The highest BCUT2D eigenvalue weighted by atomic mass is 32.1. The third kappa shape index (κ3) is 3.80. The highest BCUT2D eigenvalue weighted by Crippen LogP contribution is 2.21. The molecule has 5 heteroatoms. The first kappa shape index (κ1) is 14.2. The summed E-state index contributed by atoms with van der Waals surface area (Å²) in [7, 11) is 0. The van der Waals surface area contributed by atoms with Gasteiger partial charge in [-0.3, -0.25) is 4.79 Å². The molecule has 0 radical (unpaired) electrons. The van der Waals surface area contributed by atoms with E-state index in [1.54, 1.807) is 0 Å². The quantitative estimate of drug-likeness (QED) is 0.739. The number of hydrogen-bond acceptors (Lipinski definition) is 4. The van der Waals surface area contributed by atoms with Gasteiger partial charge in [0.15, 0.2) is 0 Å². The number of nitrogens with one attached hydrogen (secondary N) is 1. The molecule has 0 aliphatic heterocycles. The molecule has 1 rings (SSSR count). The number of aliphatic hydroxyl groups is 2. The van der Waals surface area contributed by atoms with Gasteiger partial charge in [0.1, 0.15) is 5.60 Å². The zero-order valence-corrected chi connectivity index (χ0v) is 11.2. The van der Waals surface area contributed by atoms with Gasteiger partial charge < -0.3 is 15.5 Å². The molecule has 0 spiro atoms. The van der Waals surface area contributed by atoms with E-state index in [1.165, 1.54) is 23.8 Å². The number of amides is 1. The standard InChI is InChI=1S/C12H19NO3S/c1-4-9-5-10(17-8(9)2)11(15)13-6-12(3,16)7-14/h5,14,16H,4,6-7H2,1-3H3,(H,13,15). The molecule has 1 atom stereocenters. The van der Waals surface area contributed by atoms with Crippen LogP contribution in [0.3, 0.4) is 0 Å². The lowest BCUT2D eigenvalue weighted by atomic mass is 10.1. The Hall–Kier alpha value is -0.910. The van der Waals surface area contributed by atoms with Crippen molar-refractivity contribution in [2.45, 2.75) is 32.8 Å². The highest BCUT2D eigenvalue weighted by molar-refractivity contribution is 7.14. The number of aryl methyl sites for hydroxylation is 2. The number of carbonyl (C=O) groups is 1. The normalized spacial score (nSPS) is 14.4. The zero-order valence-electron chi connectivity index (χ0n) is 10.4. The summed E-state index contributed by atoms with van der Waals surface area (Å²) < 4.78 is 0. The van der Waals surface area contributed by atoms with Crippen molar-refractivity contribution in [2.24, 2.45) is 0 Å². The summed E-state index contributed by atoms with van der Waals surface area (Å²) in [5, 5.41) is 21.0. The van der Waals surface area contributed by atoms with Crippen LogP contribution in [0, 0.1) is 6.92 Å². The highest BCUT2D eigenvalue weighted by Gasteiger charge is 2.21. The molecule has 1 heterocycles. The molecule has 1 aromatic rings. The summed E-state index contributed by atoms with van der Waals surface area (Å²) in [6, 6.07) is 1.88. The Kier molecular flexibility index (Phi) is 4.68. The van der Waals surface area contributed by atoms with Crippen LogP contribution in [0.1, 0.15) is 34.0 Å². The fourth-order valence-electron chi connectivity index (χ4n) is 1.40. The van der Waals surface area contributed by atoms with Gasteiger partial charge in [0, 0.05) is 11.4 Å². The molecule has 0 saturated heterocycles. The minimum Gasteiger partial charge on any atom is -0.393 e. The maximum Gasteiger partial charge on any atom is 0.261 e. The van der Waals surface area contributed by atoms with Gasteiger partial charge in [-0.25, -0.2) is 0 Å². The third-order valence-corrected chi connectivity index (χ3v) is 3.69. The summed E-state index contributed by atoms with van der Waals surface area (Å²) in [5.74, 6) is -0.202. The third-order valence-electron chi connectivity index (χ3n) is 2.60. The smallest absolute Gasteiger partial charge is 0.261 e. The van der Waals surface area contributed by atoms with Crippen LogP contribution in [0.5, 0.6) is 0 Å². The van der Waals surface area contributed by atoms with Crippen molar-refractivity contribution in [3.05, 3.63) is 21.4 Å². The van der Waals surface area contributed by atoms with Gasteiger partial charge in [0.05, 0.1) is 11.5 Å². The lowest BCUT2D eigenvalue weighted by Gasteiger charge is -2.20. The molecule has 3 N–H and O–H groups in total. The molecule has 0 fully saturated rings. The second-order valence-electron chi connectivity index (χ2n) is 4.38. The van der Waals surface area contributed by atoms with Crippen LogP contribution in [-0.4, -0.2) is 34.9 Å². The van der Waals surface area contributed by atoms with E-state index in [0.29, 0.717) is 4.88 Å². The predicted molar refractivity (Wildman–Crippen MR) is 68.5 cm³/mol. The summed E-state index contributed by atoms with van der Waals surface area (Å²) in [4.78, 5) is 13.6. The summed E-state index contributed by atoms with van der Waals surface area (Å²) >= 11 is 1.45. The fraction of sp³-hybridized carbons (Fsp3) is 0.583. The van der Waals surface area contributed by atoms with Crippen molar-refractivity contribution in [1.82, 2.24) is 5.32 Å². The molecule has 1 amide bonds. The summed E-state index contributed by atoms with van der Waals surface area (Å²) in [5.41, 5.74) is -0.0932. The Morgan fingerprint density at radius 1 is 1.59 bits per heavy atom. The topological polar surface area (TPSA) is 69.6 Å². The second kappa shape index (κ2) is 5.62. The molecule has 0 aliphatic carbocycles. The molecular weight excluding hydrogens is 238 g/mol. The average molecular weight is 257 g/mol. The van der Waals surface area contributed by atoms with Gasteiger partial charge in [0.2, 0.25) is 0 Å². The van der Waals surface area contributed by atoms with Crippen LogP contribution >= 0.6 is 11.3 Å². The number of carbonyl (C=O) groups excluding carboxylic acids is 1. The molecular formula is C12H19NO3S. The first-order chi connectivity index (χ1) is 7.89. The Bertz CT molecular complexity index is 398. The van der Waals surface area contributed by atoms with Crippen molar-refractivity contribution in [1.29, 1.82) is 0 Å². The van der Waals surface area contributed by atoms with Gasteiger partial charge in [0.25, 0.3) is 5.91 Å². The van der Waals surface area contributed by atoms with Crippen LogP contribution in [0.25, 0.3) is 0 Å². The number of thiophene rings is 1. The summed E-state index contributed by atoms with van der Waals surface area (Å²) in [6.45, 7) is 5.18. The van der Waals surface area contributed by atoms with Crippen LogP contribution in [0.4, 0.5) is 0 Å². The zero-order chi connectivity index (χ0) is 13.1. The Morgan fingerprint density at radius 2 is 2.24 bits per heavy atom. The van der Waals surface area contributed by atoms with E-state index in [9.17, 15) is 9.90 Å². The molecule has 0 bridgehead atoms. The van der Waals surface area contributed by atoms with Crippen molar-refractivity contribution in [3.63, 3.8) is 0 Å². The van der Waals surface area contributed by atoms with Crippen LogP contribution < -0.4 is 5.32 Å². The van der Waals surface area contributed by atoms with Crippen LogP contribution in [-0.2, 0) is 6.42 Å². The van der Waals surface area contributed by atoms with E-state index in [2.05, 4.69) is 5.32 Å². The molecule has 17 heavy (non-hydrogen) atoms. The van der Waals surface area contributed by atoms with E-state index in [1.807, 2.05) is 19.9 Å². The van der Waals surface area contributed by atoms with E-state index in [-0.39, 0.29) is 19.1 Å². The Labute approximate surface area is 105 Å². The monoisotopic (exact) mass is 257 g/mol. The van der Waals surface area contributed by atoms with E-state index in [0.717, 1.165) is 11.3 Å². The van der Waals surface area contributed by atoms with Gasteiger partial charge in [-0.05, 0) is 31.9 Å². The van der Waals surface area contributed by atoms with Crippen LogP contribution in [0.2, 0.25) is 0 Å². The summed E-state index contributed by atoms with van der Waals surface area (Å²) in [6.07, 6.45) is 0.907. The average Bonchev–Trinajstić information content (AvgIpc) is 2.67. The molecule has 1 unspecified atom stereocenters. The molecule has 4 nitrogen and oxygen atoms in total. The SMILES string of the molecule is CCc1cc(C(=O)NCC(C)(O)CO)sc1C. The second-order valence-corrected chi connectivity index (χ2v) is 5.64.